The average molecular weight is 390 g/mol. The lowest BCUT2D eigenvalue weighted by Crippen LogP contribution is -3.00. The number of rotatable bonds is 5. The lowest BCUT2D eigenvalue weighted by atomic mass is 10.1. The molecule has 0 saturated heterocycles. The summed E-state index contributed by atoms with van der Waals surface area (Å²) in [5, 5.41) is 0. The molecule has 124 valence electrons. The summed E-state index contributed by atoms with van der Waals surface area (Å²) >= 11 is 0. The topological polar surface area (TPSA) is 30.2 Å². The summed E-state index contributed by atoms with van der Waals surface area (Å²) in [6, 6.07) is 8.55. The number of nitrogens with zero attached hydrogens (tertiary/aromatic N) is 1. The first-order chi connectivity index (χ1) is 10.4. The van der Waals surface area contributed by atoms with Crippen LogP contribution in [-0.4, -0.2) is 12.4 Å². The molecule has 0 spiro atoms. The maximum atomic E-state index is 12.5. The molecule has 2 aromatic rings. The van der Waals surface area contributed by atoms with Gasteiger partial charge in [-0.2, -0.15) is 17.7 Å². The number of benzene rings is 1. The van der Waals surface area contributed by atoms with Crippen LogP contribution in [0.3, 0.4) is 0 Å². The largest absolute Gasteiger partial charge is 1.00 e. The molecule has 0 saturated carbocycles. The van der Waals surface area contributed by atoms with Crippen molar-refractivity contribution in [3.63, 3.8) is 0 Å². The van der Waals surface area contributed by atoms with Crippen molar-refractivity contribution in [1.82, 2.24) is 0 Å². The Hall–Kier alpha value is -1.89. The van der Waals surface area contributed by atoms with Crippen LogP contribution in [0.4, 0.5) is 13.2 Å². The van der Waals surface area contributed by atoms with Crippen LogP contribution in [0.2, 0.25) is 0 Å². The number of ether oxygens (including phenoxy) is 1. The molecular weight excluding hydrogens is 375 g/mol. The Morgan fingerprint density at radius 2 is 1.65 bits per heavy atom. The first kappa shape index (κ1) is 19.2. The minimum absolute atomic E-state index is 0. The van der Waals surface area contributed by atoms with Crippen molar-refractivity contribution in [2.24, 2.45) is 0 Å². The maximum absolute atomic E-state index is 12.5. The second-order valence-electron chi connectivity index (χ2n) is 4.64. The summed E-state index contributed by atoms with van der Waals surface area (Å²) in [5.74, 6) is 0.481. The van der Waals surface area contributed by atoms with Gasteiger partial charge in [0.05, 0.1) is 12.2 Å². The van der Waals surface area contributed by atoms with Crippen LogP contribution in [0.25, 0.3) is 0 Å². The number of alkyl halides is 3. The minimum atomic E-state index is -4.38. The predicted octanol–water partition coefficient (Wildman–Crippen LogP) is 0.278. The van der Waals surface area contributed by atoms with Crippen LogP contribution in [0.1, 0.15) is 22.8 Å². The van der Waals surface area contributed by atoms with Gasteiger partial charge in [-0.05, 0) is 31.2 Å². The van der Waals surface area contributed by atoms with Gasteiger partial charge in [-0.15, -0.1) is 0 Å². The Morgan fingerprint density at radius 3 is 2.13 bits per heavy atom. The monoisotopic (exact) mass is 389 g/mol. The molecule has 7 heteroatoms. The number of Topliss-reactive ketones (excluding diaryl/α,β-unsaturated/α-hetero) is 1. The fourth-order valence-electron chi connectivity index (χ4n) is 1.91. The standard InChI is InChI=1S/C16H15F3NO2.BrH/c1-2-22-14-5-3-12(4-6-14)15(21)11-20-9-7-13(8-10-20)16(17,18)19;/h3-10H,2,11H2,1H3;1H/q+1;/p-1. The lowest BCUT2D eigenvalue weighted by Gasteiger charge is -2.05. The molecule has 2 rings (SSSR count). The highest BCUT2D eigenvalue weighted by molar-refractivity contribution is 5.95. The van der Waals surface area contributed by atoms with Gasteiger partial charge in [0.15, 0.2) is 12.4 Å². The van der Waals surface area contributed by atoms with Gasteiger partial charge in [0, 0.05) is 17.7 Å². The first-order valence-corrected chi connectivity index (χ1v) is 6.72. The third kappa shape index (κ3) is 5.35. The summed E-state index contributed by atoms with van der Waals surface area (Å²) in [6.07, 6.45) is -1.89. The van der Waals surface area contributed by atoms with E-state index in [4.69, 9.17) is 4.74 Å². The van der Waals surface area contributed by atoms with Crippen LogP contribution < -0.4 is 26.3 Å². The van der Waals surface area contributed by atoms with Gasteiger partial charge < -0.3 is 21.7 Å². The molecule has 1 heterocycles. The summed E-state index contributed by atoms with van der Waals surface area (Å²) < 4.78 is 44.1. The molecule has 0 radical (unpaired) electrons. The number of carbonyl (C=O) groups is 1. The van der Waals surface area contributed by atoms with Gasteiger partial charge in [-0.1, -0.05) is 0 Å². The van der Waals surface area contributed by atoms with Crippen LogP contribution in [0.5, 0.6) is 5.75 Å². The Morgan fingerprint density at radius 1 is 1.09 bits per heavy atom. The van der Waals surface area contributed by atoms with Gasteiger partial charge in [0.2, 0.25) is 12.3 Å². The minimum Gasteiger partial charge on any atom is -1.00 e. The number of hydrogen-bond donors (Lipinski definition) is 0. The number of aromatic nitrogens is 1. The highest BCUT2D eigenvalue weighted by Crippen LogP contribution is 2.27. The van der Waals surface area contributed by atoms with Crippen molar-refractivity contribution in [3.8, 4) is 5.75 Å². The molecule has 3 nitrogen and oxygen atoms in total. The van der Waals surface area contributed by atoms with E-state index in [2.05, 4.69) is 0 Å². The molecule has 0 atom stereocenters. The zero-order valence-corrected chi connectivity index (χ0v) is 13.9. The van der Waals surface area contributed by atoms with Gasteiger partial charge in [0.25, 0.3) is 0 Å². The SMILES string of the molecule is CCOc1ccc(C(=O)C[n+]2ccc(C(F)(F)F)cc2)cc1.[Br-]. The highest BCUT2D eigenvalue weighted by atomic mass is 79.9. The Kier molecular flexibility index (Phi) is 6.75. The van der Waals surface area contributed by atoms with Gasteiger partial charge in [-0.3, -0.25) is 4.79 Å². The molecule has 0 bridgehead atoms. The van der Waals surface area contributed by atoms with Crippen LogP contribution in [-0.2, 0) is 12.7 Å². The van der Waals surface area contributed by atoms with Crippen molar-refractivity contribution in [1.29, 1.82) is 0 Å². The number of pyridine rings is 1. The highest BCUT2D eigenvalue weighted by Gasteiger charge is 2.31. The summed E-state index contributed by atoms with van der Waals surface area (Å²) in [7, 11) is 0. The number of halogens is 4. The van der Waals surface area contributed by atoms with Gasteiger partial charge in [-0.25, -0.2) is 0 Å². The molecular formula is C16H15BrF3NO2. The maximum Gasteiger partial charge on any atom is 0.416 e. The second kappa shape index (κ2) is 8.10. The molecule has 0 aliphatic carbocycles. The van der Waals surface area contributed by atoms with E-state index in [9.17, 15) is 18.0 Å². The molecule has 1 aromatic heterocycles. The van der Waals surface area contributed by atoms with E-state index in [0.29, 0.717) is 17.9 Å². The van der Waals surface area contributed by atoms with Crippen molar-refractivity contribution in [2.75, 3.05) is 6.61 Å². The Bertz CT molecular complexity index is 640. The Labute approximate surface area is 142 Å². The Balaban J connectivity index is 0.00000264. The molecule has 0 amide bonds. The molecule has 0 aliphatic heterocycles. The van der Waals surface area contributed by atoms with E-state index in [-0.39, 0.29) is 29.3 Å². The summed E-state index contributed by atoms with van der Waals surface area (Å²) in [5.41, 5.74) is -0.256. The van der Waals surface area contributed by atoms with Crippen molar-refractivity contribution < 1.29 is 44.3 Å². The molecule has 23 heavy (non-hydrogen) atoms. The predicted molar refractivity (Wildman–Crippen MR) is 73.6 cm³/mol. The van der Waals surface area contributed by atoms with Gasteiger partial charge >= 0.3 is 6.18 Å². The lowest BCUT2D eigenvalue weighted by molar-refractivity contribution is -0.683. The van der Waals surface area contributed by atoms with E-state index < -0.39 is 11.7 Å². The van der Waals surface area contributed by atoms with Crippen molar-refractivity contribution in [2.45, 2.75) is 19.6 Å². The smallest absolute Gasteiger partial charge is 0.416 e. The zero-order chi connectivity index (χ0) is 16.2. The summed E-state index contributed by atoms with van der Waals surface area (Å²) in [6.45, 7) is 2.38. The second-order valence-corrected chi connectivity index (χ2v) is 4.64. The third-order valence-corrected chi connectivity index (χ3v) is 3.03. The van der Waals surface area contributed by atoms with Gasteiger partial charge in [0.1, 0.15) is 5.75 Å². The molecule has 0 unspecified atom stereocenters. The zero-order valence-electron chi connectivity index (χ0n) is 12.3. The fraction of sp³-hybridized carbons (Fsp3) is 0.250. The van der Waals surface area contributed by atoms with E-state index in [1.165, 1.54) is 17.0 Å². The van der Waals surface area contributed by atoms with Crippen molar-refractivity contribution in [3.05, 3.63) is 59.9 Å². The fourth-order valence-corrected chi connectivity index (χ4v) is 1.91. The van der Waals surface area contributed by atoms with E-state index >= 15 is 0 Å². The molecule has 0 aliphatic rings. The van der Waals surface area contributed by atoms with Crippen LogP contribution >= 0.6 is 0 Å². The normalized spacial score (nSPS) is 10.8. The number of carbonyl (C=O) groups excluding carboxylic acids is 1. The van der Waals surface area contributed by atoms with Crippen LogP contribution in [0, 0.1) is 0 Å². The van der Waals surface area contributed by atoms with Crippen molar-refractivity contribution >= 4 is 5.78 Å². The van der Waals surface area contributed by atoms with Crippen LogP contribution in [0.15, 0.2) is 48.8 Å². The number of ketones is 1. The number of hydrogen-bond acceptors (Lipinski definition) is 2. The molecule has 0 N–H and O–H groups in total. The average Bonchev–Trinajstić information content (AvgIpc) is 2.48. The van der Waals surface area contributed by atoms with E-state index in [1.807, 2.05) is 6.92 Å². The van der Waals surface area contributed by atoms with E-state index in [1.54, 1.807) is 24.3 Å². The summed E-state index contributed by atoms with van der Waals surface area (Å²) in [4.78, 5) is 12.1. The first-order valence-electron chi connectivity index (χ1n) is 6.72. The van der Waals surface area contributed by atoms with E-state index in [0.717, 1.165) is 12.1 Å². The quantitative estimate of drug-likeness (QED) is 0.543. The third-order valence-electron chi connectivity index (χ3n) is 3.03. The molecule has 1 aromatic carbocycles. The molecule has 0 fully saturated rings.